The van der Waals surface area contributed by atoms with Gasteiger partial charge < -0.3 is 21.1 Å². The van der Waals surface area contributed by atoms with Crippen LogP contribution in [0.25, 0.3) is 0 Å². The molecule has 4 nitrogen and oxygen atoms in total. The third-order valence-corrected chi connectivity index (χ3v) is 1.92. The third kappa shape index (κ3) is 1.91. The van der Waals surface area contributed by atoms with Crippen molar-refractivity contribution >= 4 is 0 Å². The van der Waals surface area contributed by atoms with Gasteiger partial charge in [-0.15, -0.1) is 0 Å². The van der Waals surface area contributed by atoms with Crippen LogP contribution in [0.5, 0.6) is 11.5 Å². The van der Waals surface area contributed by atoms with Gasteiger partial charge in [-0.25, -0.2) is 0 Å². The summed E-state index contributed by atoms with van der Waals surface area (Å²) < 4.78 is 0. The Bertz CT molecular complexity index is 310. The molecule has 0 aromatic heterocycles. The Morgan fingerprint density at radius 3 is 2.54 bits per heavy atom. The number of nitrogens with two attached hydrogens (primary N) is 1. The van der Waals surface area contributed by atoms with E-state index in [1.807, 2.05) is 0 Å². The fourth-order valence-corrected chi connectivity index (χ4v) is 1.07. The Labute approximate surface area is 76.2 Å². The Morgan fingerprint density at radius 2 is 2.00 bits per heavy atom. The van der Waals surface area contributed by atoms with E-state index in [4.69, 9.17) is 15.9 Å². The lowest BCUT2D eigenvalue weighted by Gasteiger charge is -2.23. The number of aromatic hydroxyl groups is 2. The average molecular weight is 183 g/mol. The maximum Gasteiger partial charge on any atom is 0.120 e. The summed E-state index contributed by atoms with van der Waals surface area (Å²) in [5, 5.41) is 27.5. The highest BCUT2D eigenvalue weighted by Gasteiger charge is 2.23. The van der Waals surface area contributed by atoms with Gasteiger partial charge >= 0.3 is 0 Å². The predicted molar refractivity (Wildman–Crippen MR) is 48.4 cm³/mol. The number of benzene rings is 1. The summed E-state index contributed by atoms with van der Waals surface area (Å²) in [4.78, 5) is 0. The molecular weight excluding hydrogens is 170 g/mol. The molecule has 1 aromatic rings. The highest BCUT2D eigenvalue weighted by Crippen LogP contribution is 2.29. The second-order valence-electron chi connectivity index (χ2n) is 3.28. The van der Waals surface area contributed by atoms with Crippen LogP contribution in [0.2, 0.25) is 0 Å². The smallest absolute Gasteiger partial charge is 0.120 e. The fraction of sp³-hybridized carbons (Fsp3) is 0.333. The van der Waals surface area contributed by atoms with Gasteiger partial charge in [0.2, 0.25) is 0 Å². The molecule has 1 aromatic carbocycles. The number of aliphatic hydroxyl groups is 1. The highest BCUT2D eigenvalue weighted by atomic mass is 16.3. The maximum atomic E-state index is 9.40. The molecule has 0 aliphatic heterocycles. The van der Waals surface area contributed by atoms with Gasteiger partial charge in [-0.2, -0.15) is 0 Å². The molecule has 1 rings (SSSR count). The summed E-state index contributed by atoms with van der Waals surface area (Å²) in [6, 6.07) is 4.03. The third-order valence-electron chi connectivity index (χ3n) is 1.92. The molecule has 0 bridgehead atoms. The lowest BCUT2D eigenvalue weighted by molar-refractivity contribution is 0.206. The number of rotatable bonds is 2. The van der Waals surface area contributed by atoms with Crippen molar-refractivity contribution in [3.8, 4) is 11.5 Å². The number of phenolic OH excluding ortho intramolecular Hbond substituents is 2. The van der Waals surface area contributed by atoms with Gasteiger partial charge in [-0.05, 0) is 25.1 Å². The SMILES string of the molecule is C[C@@](N)(CO)c1cc(O)ccc1O. The van der Waals surface area contributed by atoms with Crippen LogP contribution in [-0.2, 0) is 5.54 Å². The van der Waals surface area contributed by atoms with E-state index in [9.17, 15) is 5.11 Å². The zero-order chi connectivity index (χ0) is 10.1. The molecular formula is C9H13NO3. The van der Waals surface area contributed by atoms with Crippen LogP contribution in [0.3, 0.4) is 0 Å². The van der Waals surface area contributed by atoms with Crippen LogP contribution in [0, 0.1) is 0 Å². The number of hydrogen-bond donors (Lipinski definition) is 4. The molecule has 0 spiro atoms. The van der Waals surface area contributed by atoms with Gasteiger partial charge in [0, 0.05) is 5.56 Å². The Balaban J connectivity index is 3.20. The summed E-state index contributed by atoms with van der Waals surface area (Å²) in [6.45, 7) is 1.27. The molecule has 0 fully saturated rings. The number of hydrogen-bond acceptors (Lipinski definition) is 4. The summed E-state index contributed by atoms with van der Waals surface area (Å²) in [7, 11) is 0. The minimum atomic E-state index is -1.04. The second kappa shape index (κ2) is 3.24. The predicted octanol–water partition coefficient (Wildman–Crippen LogP) is 0.264. The Kier molecular flexibility index (Phi) is 2.45. The summed E-state index contributed by atoms with van der Waals surface area (Å²) in [5.41, 5.74) is 4.98. The molecule has 0 unspecified atom stereocenters. The lowest BCUT2D eigenvalue weighted by atomic mass is 9.93. The second-order valence-corrected chi connectivity index (χ2v) is 3.28. The molecule has 0 amide bonds. The van der Waals surface area contributed by atoms with Crippen LogP contribution in [-0.4, -0.2) is 21.9 Å². The summed E-state index contributed by atoms with van der Waals surface area (Å²) in [5.74, 6) is -0.0187. The maximum absolute atomic E-state index is 9.40. The minimum absolute atomic E-state index is 0.0120. The zero-order valence-corrected chi connectivity index (χ0v) is 7.36. The molecule has 0 radical (unpaired) electrons. The molecule has 1 atom stereocenters. The molecule has 72 valence electrons. The quantitative estimate of drug-likeness (QED) is 0.495. The largest absolute Gasteiger partial charge is 0.508 e. The topological polar surface area (TPSA) is 86.7 Å². The highest BCUT2D eigenvalue weighted by molar-refractivity contribution is 5.42. The first kappa shape index (κ1) is 9.83. The van der Waals surface area contributed by atoms with Crippen LogP contribution < -0.4 is 5.73 Å². The summed E-state index contributed by atoms with van der Waals surface area (Å²) in [6.07, 6.45) is 0. The van der Waals surface area contributed by atoms with E-state index in [2.05, 4.69) is 0 Å². The van der Waals surface area contributed by atoms with Gasteiger partial charge in [0.25, 0.3) is 0 Å². The zero-order valence-electron chi connectivity index (χ0n) is 7.36. The van der Waals surface area contributed by atoms with Gasteiger partial charge in [0.05, 0.1) is 12.1 Å². The van der Waals surface area contributed by atoms with Crippen molar-refractivity contribution in [2.24, 2.45) is 5.73 Å². The molecule has 0 heterocycles. The van der Waals surface area contributed by atoms with Crippen molar-refractivity contribution in [2.45, 2.75) is 12.5 Å². The van der Waals surface area contributed by atoms with Crippen molar-refractivity contribution in [1.29, 1.82) is 0 Å². The first-order valence-electron chi connectivity index (χ1n) is 3.89. The molecule has 13 heavy (non-hydrogen) atoms. The standard InChI is InChI=1S/C9H13NO3/c1-9(10,5-11)7-4-6(12)2-3-8(7)13/h2-4,11-13H,5,10H2,1H3/t9-/m1/s1. The Morgan fingerprint density at radius 1 is 1.38 bits per heavy atom. The number of phenols is 2. The van der Waals surface area contributed by atoms with E-state index in [-0.39, 0.29) is 18.1 Å². The van der Waals surface area contributed by atoms with Crippen LogP contribution in [0.15, 0.2) is 18.2 Å². The molecule has 0 saturated heterocycles. The van der Waals surface area contributed by atoms with Crippen molar-refractivity contribution in [1.82, 2.24) is 0 Å². The van der Waals surface area contributed by atoms with Crippen LogP contribution >= 0.6 is 0 Å². The molecule has 0 saturated carbocycles. The lowest BCUT2D eigenvalue weighted by Crippen LogP contribution is -2.36. The van der Waals surface area contributed by atoms with Gasteiger partial charge in [0.15, 0.2) is 0 Å². The fourth-order valence-electron chi connectivity index (χ4n) is 1.07. The van der Waals surface area contributed by atoms with Gasteiger partial charge in [-0.3, -0.25) is 0 Å². The van der Waals surface area contributed by atoms with Crippen molar-refractivity contribution in [2.75, 3.05) is 6.61 Å². The number of aliphatic hydroxyl groups excluding tert-OH is 1. The van der Waals surface area contributed by atoms with E-state index in [0.717, 1.165) is 0 Å². The molecule has 4 heteroatoms. The normalized spacial score (nSPS) is 15.3. The van der Waals surface area contributed by atoms with E-state index in [1.165, 1.54) is 18.2 Å². The summed E-state index contributed by atoms with van der Waals surface area (Å²) >= 11 is 0. The van der Waals surface area contributed by atoms with Crippen LogP contribution in [0.1, 0.15) is 12.5 Å². The molecule has 0 aliphatic rings. The monoisotopic (exact) mass is 183 g/mol. The van der Waals surface area contributed by atoms with Crippen molar-refractivity contribution in [3.05, 3.63) is 23.8 Å². The first-order valence-corrected chi connectivity index (χ1v) is 3.89. The minimum Gasteiger partial charge on any atom is -0.508 e. The molecule has 5 N–H and O–H groups in total. The van der Waals surface area contributed by atoms with E-state index in [1.54, 1.807) is 6.92 Å². The van der Waals surface area contributed by atoms with E-state index < -0.39 is 5.54 Å². The Hall–Kier alpha value is -1.26. The van der Waals surface area contributed by atoms with E-state index >= 15 is 0 Å². The van der Waals surface area contributed by atoms with E-state index in [0.29, 0.717) is 5.56 Å². The van der Waals surface area contributed by atoms with Crippen molar-refractivity contribution < 1.29 is 15.3 Å². The van der Waals surface area contributed by atoms with Gasteiger partial charge in [-0.1, -0.05) is 0 Å². The molecule has 0 aliphatic carbocycles. The first-order chi connectivity index (χ1) is 5.97. The van der Waals surface area contributed by atoms with Crippen LogP contribution in [0.4, 0.5) is 0 Å². The van der Waals surface area contributed by atoms with Gasteiger partial charge in [0.1, 0.15) is 11.5 Å². The van der Waals surface area contributed by atoms with Crippen molar-refractivity contribution in [3.63, 3.8) is 0 Å². The average Bonchev–Trinajstić information content (AvgIpc) is 2.09.